The summed E-state index contributed by atoms with van der Waals surface area (Å²) in [4.78, 5) is 29.3. The number of methoxy groups -OCH3 is 3. The third kappa shape index (κ3) is 5.83. The van der Waals surface area contributed by atoms with E-state index in [0.717, 1.165) is 22.5 Å². The van der Waals surface area contributed by atoms with Crippen molar-refractivity contribution < 1.29 is 23.9 Å². The van der Waals surface area contributed by atoms with Gasteiger partial charge in [-0.3, -0.25) is 14.9 Å². The van der Waals surface area contributed by atoms with Crippen LogP contribution in [0, 0.1) is 16.0 Å². The molecule has 2 aliphatic rings. The minimum atomic E-state index is -0.414. The Morgan fingerprint density at radius 2 is 1.73 bits per heavy atom. The number of nitro benzene ring substituents is 1. The highest BCUT2D eigenvalue weighted by Crippen LogP contribution is 2.40. The van der Waals surface area contributed by atoms with Crippen molar-refractivity contribution in [1.82, 2.24) is 5.32 Å². The molecule has 0 bridgehead atoms. The van der Waals surface area contributed by atoms with Crippen molar-refractivity contribution in [3.63, 3.8) is 0 Å². The number of rotatable bonds is 9. The van der Waals surface area contributed by atoms with Gasteiger partial charge in [0.25, 0.3) is 5.69 Å². The molecule has 1 N–H and O–H groups in total. The van der Waals surface area contributed by atoms with Crippen LogP contribution in [0.3, 0.4) is 0 Å². The number of nitrogens with one attached hydrogen (secondary N) is 1. The molecule has 41 heavy (non-hydrogen) atoms. The lowest BCUT2D eigenvalue weighted by atomic mass is 9.83. The molecule has 0 aliphatic carbocycles. The van der Waals surface area contributed by atoms with E-state index in [2.05, 4.69) is 15.1 Å². The fraction of sp³-hybridized carbons (Fsp3) is 0.367. The van der Waals surface area contributed by atoms with Gasteiger partial charge in [-0.05, 0) is 60.4 Å². The summed E-state index contributed by atoms with van der Waals surface area (Å²) in [6.07, 6.45) is 1.02. The fourth-order valence-electron chi connectivity index (χ4n) is 5.85. The second-order valence-corrected chi connectivity index (χ2v) is 10.6. The zero-order valence-corrected chi connectivity index (χ0v) is 24.0. The average molecular weight is 581 g/mol. The quantitative estimate of drug-likeness (QED) is 0.291. The van der Waals surface area contributed by atoms with Gasteiger partial charge >= 0.3 is 0 Å². The maximum atomic E-state index is 13.7. The Hall–Kier alpha value is -4.18. The van der Waals surface area contributed by atoms with E-state index in [1.54, 1.807) is 39.5 Å². The molecule has 1 saturated heterocycles. The van der Waals surface area contributed by atoms with E-state index in [1.807, 2.05) is 30.3 Å². The zero-order valence-electron chi connectivity index (χ0n) is 23.3. The standard InChI is InChI=1S/C30H33ClN4O6/c1-39-27-9-5-21(31)17-25(27)33-12-13-34-24-7-6-22(35(37)38)15-20(24)16-23(26(34)18-33)30(36)32-11-10-19-4-8-28(40-2)29(14-19)41-3/h4-9,14-15,17,23,26H,10-13,16,18H2,1-3H3,(H,32,36). The minimum Gasteiger partial charge on any atom is -0.495 e. The van der Waals surface area contributed by atoms with E-state index in [4.69, 9.17) is 25.8 Å². The first kappa shape index (κ1) is 28.4. The molecule has 10 nitrogen and oxygen atoms in total. The Morgan fingerprint density at radius 1 is 0.976 bits per heavy atom. The van der Waals surface area contributed by atoms with Crippen molar-refractivity contribution in [2.75, 3.05) is 57.3 Å². The molecule has 0 radical (unpaired) electrons. The van der Waals surface area contributed by atoms with Gasteiger partial charge in [0.05, 0.1) is 43.9 Å². The smallest absolute Gasteiger partial charge is 0.269 e. The molecule has 0 aromatic heterocycles. The van der Waals surface area contributed by atoms with Crippen LogP contribution in [0.2, 0.25) is 5.02 Å². The lowest BCUT2D eigenvalue weighted by molar-refractivity contribution is -0.384. The molecule has 2 atom stereocenters. The lowest BCUT2D eigenvalue weighted by Crippen LogP contribution is -2.61. The van der Waals surface area contributed by atoms with Crippen LogP contribution in [0.15, 0.2) is 54.6 Å². The number of nitro groups is 1. The normalized spacial score (nSPS) is 17.8. The highest BCUT2D eigenvalue weighted by atomic mass is 35.5. The van der Waals surface area contributed by atoms with Crippen LogP contribution in [-0.2, 0) is 17.6 Å². The van der Waals surface area contributed by atoms with Gasteiger partial charge in [-0.2, -0.15) is 0 Å². The highest BCUT2D eigenvalue weighted by molar-refractivity contribution is 6.31. The fourth-order valence-corrected chi connectivity index (χ4v) is 6.02. The predicted molar refractivity (Wildman–Crippen MR) is 158 cm³/mol. The molecule has 2 heterocycles. The Kier molecular flexibility index (Phi) is 8.39. The summed E-state index contributed by atoms with van der Waals surface area (Å²) >= 11 is 6.33. The second kappa shape index (κ2) is 12.1. The van der Waals surface area contributed by atoms with Crippen molar-refractivity contribution in [2.24, 2.45) is 5.92 Å². The van der Waals surface area contributed by atoms with E-state index in [0.29, 0.717) is 61.3 Å². The number of carbonyl (C=O) groups excluding carboxylic acids is 1. The number of piperazine rings is 1. The number of hydrogen-bond acceptors (Lipinski definition) is 8. The van der Waals surface area contributed by atoms with E-state index < -0.39 is 10.8 Å². The summed E-state index contributed by atoms with van der Waals surface area (Å²) in [5.41, 5.74) is 3.65. The number of amides is 1. The van der Waals surface area contributed by atoms with Gasteiger partial charge in [0.15, 0.2) is 11.5 Å². The second-order valence-electron chi connectivity index (χ2n) is 10.1. The summed E-state index contributed by atoms with van der Waals surface area (Å²) in [7, 11) is 4.81. The lowest BCUT2D eigenvalue weighted by Gasteiger charge is -2.49. The van der Waals surface area contributed by atoms with Crippen molar-refractivity contribution in [3.8, 4) is 17.2 Å². The van der Waals surface area contributed by atoms with Gasteiger partial charge in [0.1, 0.15) is 5.75 Å². The summed E-state index contributed by atoms with van der Waals surface area (Å²) in [6.45, 7) is 2.32. The van der Waals surface area contributed by atoms with Crippen LogP contribution >= 0.6 is 11.6 Å². The van der Waals surface area contributed by atoms with E-state index in [9.17, 15) is 14.9 Å². The van der Waals surface area contributed by atoms with Crippen LogP contribution in [0.1, 0.15) is 11.1 Å². The Labute approximate surface area is 243 Å². The molecule has 11 heteroatoms. The number of fused-ring (bicyclic) bond motifs is 3. The number of hydrogen-bond donors (Lipinski definition) is 1. The van der Waals surface area contributed by atoms with Gasteiger partial charge < -0.3 is 29.3 Å². The van der Waals surface area contributed by atoms with E-state index >= 15 is 0 Å². The molecule has 5 rings (SSSR count). The van der Waals surface area contributed by atoms with Crippen LogP contribution in [0.25, 0.3) is 0 Å². The van der Waals surface area contributed by atoms with Crippen molar-refractivity contribution >= 4 is 34.6 Å². The largest absolute Gasteiger partial charge is 0.495 e. The number of anilines is 2. The number of non-ortho nitro benzene ring substituents is 1. The van der Waals surface area contributed by atoms with Gasteiger partial charge in [0, 0.05) is 49.0 Å². The molecule has 216 valence electrons. The first-order valence-electron chi connectivity index (χ1n) is 13.4. The molecule has 1 amide bonds. The number of benzene rings is 3. The number of nitrogens with zero attached hydrogens (tertiary/aromatic N) is 3. The third-order valence-electron chi connectivity index (χ3n) is 7.89. The summed E-state index contributed by atoms with van der Waals surface area (Å²) < 4.78 is 16.3. The van der Waals surface area contributed by atoms with E-state index in [1.165, 1.54) is 6.07 Å². The van der Waals surface area contributed by atoms with Crippen molar-refractivity contribution in [1.29, 1.82) is 0 Å². The first-order valence-corrected chi connectivity index (χ1v) is 13.8. The first-order chi connectivity index (χ1) is 19.8. The maximum absolute atomic E-state index is 13.7. The van der Waals surface area contributed by atoms with Crippen LogP contribution in [0.5, 0.6) is 17.2 Å². The molecule has 3 aromatic rings. The summed E-state index contributed by atoms with van der Waals surface area (Å²) in [5.74, 6) is 1.50. The maximum Gasteiger partial charge on any atom is 0.269 e. The molecule has 1 fully saturated rings. The molecular formula is C30H33ClN4O6. The van der Waals surface area contributed by atoms with E-state index in [-0.39, 0.29) is 17.6 Å². The van der Waals surface area contributed by atoms with Gasteiger partial charge in [-0.15, -0.1) is 0 Å². The number of halogens is 1. The van der Waals surface area contributed by atoms with Crippen molar-refractivity contribution in [3.05, 3.63) is 80.9 Å². The highest BCUT2D eigenvalue weighted by Gasteiger charge is 2.42. The molecule has 2 unspecified atom stereocenters. The van der Waals surface area contributed by atoms with Crippen LogP contribution < -0.4 is 29.3 Å². The summed E-state index contributed by atoms with van der Waals surface area (Å²) in [5, 5.41) is 15.2. The van der Waals surface area contributed by atoms with Gasteiger partial charge in [0.2, 0.25) is 5.91 Å². The zero-order chi connectivity index (χ0) is 29.1. The Bertz CT molecular complexity index is 1450. The Morgan fingerprint density at radius 3 is 2.46 bits per heavy atom. The van der Waals surface area contributed by atoms with Crippen molar-refractivity contribution in [2.45, 2.75) is 18.9 Å². The molecular weight excluding hydrogens is 548 g/mol. The minimum absolute atomic E-state index is 0.0251. The molecule has 2 aliphatic heterocycles. The molecule has 0 saturated carbocycles. The van der Waals surface area contributed by atoms with Gasteiger partial charge in [-0.1, -0.05) is 17.7 Å². The molecule has 3 aromatic carbocycles. The predicted octanol–water partition coefficient (Wildman–Crippen LogP) is 4.50. The van der Waals surface area contributed by atoms with Crippen LogP contribution in [-0.4, -0.2) is 64.4 Å². The SMILES string of the molecule is COc1ccc(CCNC(=O)C2Cc3cc([N+](=O)[O-])ccc3N3CCN(c4cc(Cl)ccc4OC)CC23)cc1OC. The third-order valence-corrected chi connectivity index (χ3v) is 8.12. The van der Waals surface area contributed by atoms with Gasteiger partial charge in [-0.25, -0.2) is 0 Å². The average Bonchev–Trinajstić information content (AvgIpc) is 2.99. The number of ether oxygens (including phenoxy) is 3. The molecule has 0 spiro atoms. The summed E-state index contributed by atoms with van der Waals surface area (Å²) in [6, 6.07) is 16.0. The van der Waals surface area contributed by atoms with Crippen LogP contribution in [0.4, 0.5) is 17.1 Å². The topological polar surface area (TPSA) is 106 Å². The number of carbonyl (C=O) groups is 1. The Balaban J connectivity index is 1.38. The monoisotopic (exact) mass is 580 g/mol.